The Labute approximate surface area is 169 Å². The first-order valence-electron chi connectivity index (χ1n) is 10.5. The third-order valence-electron chi connectivity index (χ3n) is 6.91. The van der Waals surface area contributed by atoms with Crippen LogP contribution in [0.3, 0.4) is 0 Å². The Kier molecular flexibility index (Phi) is 5.80. The van der Waals surface area contributed by atoms with Gasteiger partial charge in [0.05, 0.1) is 0 Å². The smallest absolute Gasteiger partial charge is 0.195 e. The fourth-order valence-corrected chi connectivity index (χ4v) is 5.41. The van der Waals surface area contributed by atoms with Crippen molar-refractivity contribution < 1.29 is 17.6 Å². The third-order valence-corrected chi connectivity index (χ3v) is 6.91. The summed E-state index contributed by atoms with van der Waals surface area (Å²) in [5.74, 6) is -2.36. The van der Waals surface area contributed by atoms with E-state index in [2.05, 4.69) is 19.1 Å². The topological polar surface area (TPSA) is 0 Å². The number of allylic oxidation sites excluding steroid dienone is 2. The Morgan fingerprint density at radius 2 is 1.48 bits per heavy atom. The second kappa shape index (κ2) is 8.33. The van der Waals surface area contributed by atoms with E-state index < -0.39 is 23.3 Å². The van der Waals surface area contributed by atoms with E-state index in [1.807, 2.05) is 6.07 Å². The lowest BCUT2D eigenvalue weighted by atomic mass is 9.64. The predicted molar refractivity (Wildman–Crippen MR) is 107 cm³/mol. The quantitative estimate of drug-likeness (QED) is 0.279. The summed E-state index contributed by atoms with van der Waals surface area (Å²) in [5, 5.41) is 0. The Morgan fingerprint density at radius 3 is 2.24 bits per heavy atom. The first kappa shape index (κ1) is 20.2. The van der Waals surface area contributed by atoms with Crippen LogP contribution in [0.15, 0.2) is 42.5 Å². The standard InChI is InChI=1S/C25H26F4/c1-2-3-15-4-5-17-13-18(7-6-16(17)12-15)19-8-9-20(23(27)14-19)21-10-11-22(26)25(29)24(21)28/h2-3,8-11,14-18H,4-7,12-13H2,1H3/b3-2+. The van der Waals surface area contributed by atoms with Crippen molar-refractivity contribution in [2.24, 2.45) is 17.8 Å². The van der Waals surface area contributed by atoms with E-state index in [0.717, 1.165) is 42.9 Å². The predicted octanol–water partition coefficient (Wildman–Crippen LogP) is 7.79. The van der Waals surface area contributed by atoms with Gasteiger partial charge in [-0.1, -0.05) is 24.3 Å². The van der Waals surface area contributed by atoms with Gasteiger partial charge in [0, 0.05) is 11.1 Å². The average Bonchev–Trinajstić information content (AvgIpc) is 2.72. The fourth-order valence-electron chi connectivity index (χ4n) is 5.41. The zero-order valence-electron chi connectivity index (χ0n) is 16.6. The molecule has 0 bridgehead atoms. The number of benzene rings is 2. The SMILES string of the molecule is C/C=C/C1CCC2CC(c3ccc(-c4ccc(F)c(F)c4F)c(F)c3)CCC2C1. The zero-order valence-corrected chi connectivity index (χ0v) is 16.6. The van der Waals surface area contributed by atoms with Gasteiger partial charge in [-0.25, -0.2) is 17.6 Å². The minimum Gasteiger partial charge on any atom is -0.206 e. The summed E-state index contributed by atoms with van der Waals surface area (Å²) in [6.45, 7) is 2.08. The minimum absolute atomic E-state index is 0.0364. The van der Waals surface area contributed by atoms with Gasteiger partial charge in [0.25, 0.3) is 0 Å². The van der Waals surface area contributed by atoms with Crippen LogP contribution >= 0.6 is 0 Å². The summed E-state index contributed by atoms with van der Waals surface area (Å²) < 4.78 is 55.6. The lowest BCUT2D eigenvalue weighted by Gasteiger charge is -2.41. The number of fused-ring (bicyclic) bond motifs is 1. The normalized spacial score (nSPS) is 27.2. The molecule has 4 rings (SSSR count). The highest BCUT2D eigenvalue weighted by Crippen LogP contribution is 2.48. The lowest BCUT2D eigenvalue weighted by molar-refractivity contribution is 0.133. The molecule has 2 aromatic rings. The van der Waals surface area contributed by atoms with E-state index in [4.69, 9.17) is 0 Å². The summed E-state index contributed by atoms with van der Waals surface area (Å²) in [4.78, 5) is 0. The molecule has 2 fully saturated rings. The molecule has 0 amide bonds. The molecular formula is C25H26F4. The van der Waals surface area contributed by atoms with Crippen LogP contribution in [0.2, 0.25) is 0 Å². The molecule has 0 spiro atoms. The van der Waals surface area contributed by atoms with Gasteiger partial charge >= 0.3 is 0 Å². The van der Waals surface area contributed by atoms with E-state index in [9.17, 15) is 17.6 Å². The molecule has 0 heterocycles. The van der Waals surface area contributed by atoms with Crippen LogP contribution in [0, 0.1) is 41.0 Å². The Morgan fingerprint density at radius 1 is 0.759 bits per heavy atom. The molecule has 2 aliphatic rings. The molecule has 2 aromatic carbocycles. The molecule has 2 aliphatic carbocycles. The first-order chi connectivity index (χ1) is 14.0. The summed E-state index contributed by atoms with van der Waals surface area (Å²) >= 11 is 0. The number of halogens is 4. The van der Waals surface area contributed by atoms with E-state index in [0.29, 0.717) is 17.8 Å². The van der Waals surface area contributed by atoms with Crippen LogP contribution in [-0.4, -0.2) is 0 Å². The van der Waals surface area contributed by atoms with Crippen molar-refractivity contribution >= 4 is 0 Å². The summed E-state index contributed by atoms with van der Waals surface area (Å²) in [5.41, 5.74) is 0.632. The molecule has 4 unspecified atom stereocenters. The van der Waals surface area contributed by atoms with Crippen LogP contribution in [-0.2, 0) is 0 Å². The van der Waals surface area contributed by atoms with Crippen molar-refractivity contribution in [2.45, 2.75) is 51.4 Å². The van der Waals surface area contributed by atoms with Crippen molar-refractivity contribution in [3.8, 4) is 11.1 Å². The number of hydrogen-bond donors (Lipinski definition) is 0. The Bertz CT molecular complexity index is 917. The van der Waals surface area contributed by atoms with Crippen molar-refractivity contribution in [3.05, 3.63) is 71.3 Å². The highest BCUT2D eigenvalue weighted by atomic mass is 19.2. The van der Waals surface area contributed by atoms with Crippen molar-refractivity contribution in [3.63, 3.8) is 0 Å². The summed E-state index contributed by atoms with van der Waals surface area (Å²) in [7, 11) is 0. The largest absolute Gasteiger partial charge is 0.206 e. The van der Waals surface area contributed by atoms with Gasteiger partial charge in [0.15, 0.2) is 17.5 Å². The van der Waals surface area contributed by atoms with Crippen LogP contribution in [0.4, 0.5) is 17.6 Å². The van der Waals surface area contributed by atoms with Crippen molar-refractivity contribution in [1.29, 1.82) is 0 Å². The summed E-state index contributed by atoms with van der Waals surface area (Å²) in [6, 6.07) is 6.67. The van der Waals surface area contributed by atoms with E-state index >= 15 is 0 Å². The second-order valence-electron chi connectivity index (χ2n) is 8.59. The van der Waals surface area contributed by atoms with E-state index in [1.54, 1.807) is 0 Å². The summed E-state index contributed by atoms with van der Waals surface area (Å²) in [6.07, 6.45) is 11.4. The number of rotatable bonds is 3. The van der Waals surface area contributed by atoms with Crippen LogP contribution < -0.4 is 0 Å². The molecule has 0 aliphatic heterocycles. The molecule has 4 atom stereocenters. The maximum atomic E-state index is 14.8. The molecule has 0 aromatic heterocycles. The highest BCUT2D eigenvalue weighted by Gasteiger charge is 2.35. The molecule has 2 saturated carbocycles. The van der Waals surface area contributed by atoms with Gasteiger partial charge in [-0.3, -0.25) is 0 Å². The van der Waals surface area contributed by atoms with E-state index in [-0.39, 0.29) is 11.1 Å². The van der Waals surface area contributed by atoms with Crippen LogP contribution in [0.5, 0.6) is 0 Å². The molecular weight excluding hydrogens is 376 g/mol. The first-order valence-corrected chi connectivity index (χ1v) is 10.5. The molecule has 0 saturated heterocycles. The van der Waals surface area contributed by atoms with Crippen molar-refractivity contribution in [1.82, 2.24) is 0 Å². The third kappa shape index (κ3) is 3.99. The molecule has 4 heteroatoms. The monoisotopic (exact) mass is 402 g/mol. The maximum absolute atomic E-state index is 14.8. The zero-order chi connectivity index (χ0) is 20.5. The van der Waals surface area contributed by atoms with Gasteiger partial charge < -0.3 is 0 Å². The van der Waals surface area contributed by atoms with Crippen molar-refractivity contribution in [2.75, 3.05) is 0 Å². The van der Waals surface area contributed by atoms with Gasteiger partial charge in [-0.05, 0) is 92.9 Å². The minimum atomic E-state index is -1.57. The molecule has 0 radical (unpaired) electrons. The van der Waals surface area contributed by atoms with Gasteiger partial charge in [-0.2, -0.15) is 0 Å². The second-order valence-corrected chi connectivity index (χ2v) is 8.59. The Hall–Kier alpha value is -2.10. The van der Waals surface area contributed by atoms with Crippen LogP contribution in [0.25, 0.3) is 11.1 Å². The van der Waals surface area contributed by atoms with Crippen LogP contribution in [0.1, 0.15) is 56.9 Å². The van der Waals surface area contributed by atoms with E-state index in [1.165, 1.54) is 31.4 Å². The molecule has 154 valence electrons. The Balaban J connectivity index is 1.52. The molecule has 0 N–H and O–H groups in total. The van der Waals surface area contributed by atoms with Gasteiger partial charge in [-0.15, -0.1) is 0 Å². The molecule has 29 heavy (non-hydrogen) atoms. The number of hydrogen-bond acceptors (Lipinski definition) is 0. The highest BCUT2D eigenvalue weighted by molar-refractivity contribution is 5.65. The lowest BCUT2D eigenvalue weighted by Crippen LogP contribution is -2.30. The van der Waals surface area contributed by atoms with Gasteiger partial charge in [0.1, 0.15) is 5.82 Å². The van der Waals surface area contributed by atoms with Gasteiger partial charge in [0.2, 0.25) is 0 Å². The average molecular weight is 402 g/mol. The fraction of sp³-hybridized carbons (Fsp3) is 0.440. The molecule has 0 nitrogen and oxygen atoms in total. The maximum Gasteiger partial charge on any atom is 0.195 e.